The fraction of sp³-hybridized carbons (Fsp3) is 0.0588. The Bertz CT molecular complexity index is 735. The number of anilines is 1. The molecule has 2 aromatic carbocycles. The van der Waals surface area contributed by atoms with E-state index < -0.39 is 11.9 Å². The van der Waals surface area contributed by atoms with Crippen LogP contribution in [-0.4, -0.2) is 11.9 Å². The molecule has 0 unspecified atom stereocenters. The molecule has 4 heteroatoms. The average Bonchev–Trinajstić information content (AvgIpc) is 2.78. The quantitative estimate of drug-likeness (QED) is 0.627. The molecular formula is C17H13NO3. The Labute approximate surface area is 122 Å². The molecule has 0 aromatic heterocycles. The monoisotopic (exact) mass is 279 g/mol. The van der Waals surface area contributed by atoms with Crippen molar-refractivity contribution in [2.24, 2.45) is 0 Å². The first-order chi connectivity index (χ1) is 10.2. The van der Waals surface area contributed by atoms with Crippen LogP contribution in [0.25, 0.3) is 6.08 Å². The highest BCUT2D eigenvalue weighted by molar-refractivity contribution is 6.28. The van der Waals surface area contributed by atoms with E-state index in [1.54, 1.807) is 30.3 Å². The van der Waals surface area contributed by atoms with Gasteiger partial charge in [0.1, 0.15) is 5.57 Å². The first-order valence-electron chi connectivity index (χ1n) is 6.56. The minimum atomic E-state index is -0.632. The summed E-state index contributed by atoms with van der Waals surface area (Å²) in [6.45, 7) is 1.92. The molecule has 21 heavy (non-hydrogen) atoms. The van der Waals surface area contributed by atoms with Crippen LogP contribution in [0.1, 0.15) is 11.1 Å². The minimum absolute atomic E-state index is 0.0353. The number of nitrogens with zero attached hydrogens (tertiary/aromatic N) is 1. The summed E-state index contributed by atoms with van der Waals surface area (Å²) in [5.41, 5.74) is 2.38. The second-order valence-electron chi connectivity index (χ2n) is 4.73. The number of hydroxylamine groups is 1. The van der Waals surface area contributed by atoms with Gasteiger partial charge in [0.05, 0.1) is 5.69 Å². The zero-order valence-corrected chi connectivity index (χ0v) is 11.4. The highest BCUT2D eigenvalue weighted by Crippen LogP contribution is 2.25. The lowest BCUT2D eigenvalue weighted by molar-refractivity contribution is -0.137. The van der Waals surface area contributed by atoms with Crippen LogP contribution < -0.4 is 5.06 Å². The van der Waals surface area contributed by atoms with E-state index in [4.69, 9.17) is 4.84 Å². The van der Waals surface area contributed by atoms with Gasteiger partial charge in [-0.25, -0.2) is 4.79 Å². The summed E-state index contributed by atoms with van der Waals surface area (Å²) in [5, 5.41) is 1.02. The van der Waals surface area contributed by atoms with Gasteiger partial charge in [-0.3, -0.25) is 4.79 Å². The van der Waals surface area contributed by atoms with Gasteiger partial charge in [-0.05, 0) is 36.3 Å². The molecule has 0 radical (unpaired) electrons. The second-order valence-corrected chi connectivity index (χ2v) is 4.73. The summed E-state index contributed by atoms with van der Waals surface area (Å²) in [6, 6.07) is 16.3. The SMILES string of the molecule is Cc1ccccc1C=C1C(=O)ON(c2ccccc2)C1=O. The maximum atomic E-state index is 12.3. The molecule has 1 fully saturated rings. The molecule has 0 aliphatic carbocycles. The van der Waals surface area contributed by atoms with E-state index in [-0.39, 0.29) is 5.57 Å². The van der Waals surface area contributed by atoms with E-state index in [1.807, 2.05) is 37.3 Å². The highest BCUT2D eigenvalue weighted by Gasteiger charge is 2.37. The maximum Gasteiger partial charge on any atom is 0.369 e. The lowest BCUT2D eigenvalue weighted by Gasteiger charge is -2.11. The molecule has 2 aromatic rings. The highest BCUT2D eigenvalue weighted by atomic mass is 16.7. The smallest absolute Gasteiger partial charge is 0.327 e. The van der Waals surface area contributed by atoms with Crippen LogP contribution in [0, 0.1) is 6.92 Å². The third-order valence-electron chi connectivity index (χ3n) is 3.29. The number of amides is 1. The van der Waals surface area contributed by atoms with Crippen molar-refractivity contribution in [3.05, 3.63) is 71.3 Å². The summed E-state index contributed by atoms with van der Waals surface area (Å²) < 4.78 is 0. The van der Waals surface area contributed by atoms with Gasteiger partial charge in [-0.1, -0.05) is 42.5 Å². The van der Waals surface area contributed by atoms with Crippen LogP contribution in [0.4, 0.5) is 5.69 Å². The van der Waals surface area contributed by atoms with Gasteiger partial charge in [-0.15, -0.1) is 5.06 Å². The number of rotatable bonds is 2. The van der Waals surface area contributed by atoms with Crippen LogP contribution in [0.2, 0.25) is 0 Å². The number of hydrogen-bond donors (Lipinski definition) is 0. The van der Waals surface area contributed by atoms with Crippen LogP contribution in [0.3, 0.4) is 0 Å². The summed E-state index contributed by atoms with van der Waals surface area (Å²) in [7, 11) is 0. The average molecular weight is 279 g/mol. The van der Waals surface area contributed by atoms with Gasteiger partial charge in [-0.2, -0.15) is 0 Å². The Balaban J connectivity index is 1.97. The van der Waals surface area contributed by atoms with Gasteiger partial charge in [0.15, 0.2) is 0 Å². The lowest BCUT2D eigenvalue weighted by Crippen LogP contribution is -2.22. The number of carbonyl (C=O) groups excluding carboxylic acids is 2. The molecule has 0 saturated carbocycles. The predicted molar refractivity (Wildman–Crippen MR) is 79.2 cm³/mol. The van der Waals surface area contributed by atoms with E-state index in [9.17, 15) is 9.59 Å². The molecule has 1 aliphatic rings. The van der Waals surface area contributed by atoms with Crippen molar-refractivity contribution in [2.45, 2.75) is 6.92 Å². The minimum Gasteiger partial charge on any atom is -0.327 e. The molecule has 3 rings (SSSR count). The van der Waals surface area contributed by atoms with Crippen LogP contribution in [0.15, 0.2) is 60.2 Å². The molecule has 104 valence electrons. The van der Waals surface area contributed by atoms with Crippen molar-refractivity contribution >= 4 is 23.6 Å². The van der Waals surface area contributed by atoms with Crippen LogP contribution in [-0.2, 0) is 14.4 Å². The van der Waals surface area contributed by atoms with Gasteiger partial charge < -0.3 is 4.84 Å². The zero-order chi connectivity index (χ0) is 14.8. The van der Waals surface area contributed by atoms with Crippen LogP contribution >= 0.6 is 0 Å². The number of hydrogen-bond acceptors (Lipinski definition) is 3. The fourth-order valence-electron chi connectivity index (χ4n) is 2.13. The Kier molecular flexibility index (Phi) is 3.28. The van der Waals surface area contributed by atoms with Crippen LogP contribution in [0.5, 0.6) is 0 Å². The maximum absolute atomic E-state index is 12.3. The Morgan fingerprint density at radius 3 is 2.33 bits per heavy atom. The summed E-state index contributed by atoms with van der Waals surface area (Å²) >= 11 is 0. The van der Waals surface area contributed by atoms with Gasteiger partial charge in [0.25, 0.3) is 5.91 Å². The molecular weight excluding hydrogens is 266 g/mol. The van der Waals surface area contributed by atoms with Crippen molar-refractivity contribution in [1.29, 1.82) is 0 Å². The fourth-order valence-corrected chi connectivity index (χ4v) is 2.13. The molecule has 1 amide bonds. The zero-order valence-electron chi connectivity index (χ0n) is 11.4. The molecule has 0 atom stereocenters. The third kappa shape index (κ3) is 2.43. The van der Waals surface area contributed by atoms with Gasteiger partial charge in [0.2, 0.25) is 0 Å². The molecule has 4 nitrogen and oxygen atoms in total. The molecule has 1 aliphatic heterocycles. The van der Waals surface area contributed by atoms with Gasteiger partial charge >= 0.3 is 5.97 Å². The molecule has 1 saturated heterocycles. The van der Waals surface area contributed by atoms with Crippen molar-refractivity contribution in [2.75, 3.05) is 5.06 Å². The Morgan fingerprint density at radius 2 is 1.62 bits per heavy atom. The number of carbonyl (C=O) groups is 2. The standard InChI is InChI=1S/C17H13NO3/c1-12-7-5-6-8-13(12)11-15-16(19)18(21-17(15)20)14-9-3-2-4-10-14/h2-11H,1H3. The van der Waals surface area contributed by atoms with E-state index >= 15 is 0 Å². The number of benzene rings is 2. The van der Waals surface area contributed by atoms with Crippen molar-refractivity contribution in [1.82, 2.24) is 0 Å². The van der Waals surface area contributed by atoms with Gasteiger partial charge in [0, 0.05) is 0 Å². The number of aryl methyl sites for hydroxylation is 1. The number of para-hydroxylation sites is 1. The normalized spacial score (nSPS) is 16.4. The first-order valence-corrected chi connectivity index (χ1v) is 6.56. The second kappa shape index (κ2) is 5.25. The molecule has 0 N–H and O–H groups in total. The van der Waals surface area contributed by atoms with E-state index in [0.29, 0.717) is 5.69 Å². The Morgan fingerprint density at radius 1 is 0.952 bits per heavy atom. The topological polar surface area (TPSA) is 46.6 Å². The van der Waals surface area contributed by atoms with Crippen molar-refractivity contribution < 1.29 is 14.4 Å². The summed E-state index contributed by atoms with van der Waals surface area (Å²) in [4.78, 5) is 29.3. The molecule has 1 heterocycles. The van der Waals surface area contributed by atoms with E-state index in [0.717, 1.165) is 16.2 Å². The van der Waals surface area contributed by atoms with E-state index in [2.05, 4.69) is 0 Å². The summed E-state index contributed by atoms with van der Waals surface area (Å²) in [6.07, 6.45) is 1.57. The predicted octanol–water partition coefficient (Wildman–Crippen LogP) is 2.88. The van der Waals surface area contributed by atoms with Crippen molar-refractivity contribution in [3.8, 4) is 0 Å². The third-order valence-corrected chi connectivity index (χ3v) is 3.29. The van der Waals surface area contributed by atoms with E-state index in [1.165, 1.54) is 0 Å². The lowest BCUT2D eigenvalue weighted by atomic mass is 10.1. The molecule has 0 spiro atoms. The Hall–Kier alpha value is -2.88. The van der Waals surface area contributed by atoms with Crippen molar-refractivity contribution in [3.63, 3.8) is 0 Å². The summed E-state index contributed by atoms with van der Waals surface area (Å²) in [5.74, 6) is -1.08. The molecule has 0 bridgehead atoms. The largest absolute Gasteiger partial charge is 0.369 e. The first kappa shape index (κ1) is 13.1.